The zero-order chi connectivity index (χ0) is 8.55. The molecule has 12 heavy (non-hydrogen) atoms. The van der Waals surface area contributed by atoms with Gasteiger partial charge in [0.15, 0.2) is 0 Å². The molecule has 1 aliphatic heterocycles. The minimum atomic E-state index is -0.397. The van der Waals surface area contributed by atoms with Gasteiger partial charge in [-0.15, -0.1) is 0 Å². The topological polar surface area (TPSA) is 58.3 Å². The van der Waals surface area contributed by atoms with Gasteiger partial charge in [-0.25, -0.2) is 4.98 Å². The van der Waals surface area contributed by atoms with E-state index in [1.165, 1.54) is 0 Å². The smallest absolute Gasteiger partial charge is 0.134 e. The molecule has 0 aromatic carbocycles. The SMILES string of the molecule is OCc1ncc2n1CCCC2O. The van der Waals surface area contributed by atoms with Crippen molar-refractivity contribution in [2.45, 2.75) is 32.1 Å². The van der Waals surface area contributed by atoms with Gasteiger partial charge in [-0.2, -0.15) is 0 Å². The van der Waals surface area contributed by atoms with Crippen molar-refractivity contribution < 1.29 is 10.2 Å². The summed E-state index contributed by atoms with van der Waals surface area (Å²) in [6.07, 6.45) is 3.01. The van der Waals surface area contributed by atoms with Gasteiger partial charge in [0.05, 0.1) is 18.0 Å². The molecule has 0 saturated heterocycles. The van der Waals surface area contributed by atoms with E-state index >= 15 is 0 Å². The van der Waals surface area contributed by atoms with Crippen LogP contribution in [-0.4, -0.2) is 19.8 Å². The minimum Gasteiger partial charge on any atom is -0.388 e. The lowest BCUT2D eigenvalue weighted by atomic mass is 10.1. The maximum Gasteiger partial charge on any atom is 0.134 e. The molecule has 1 aromatic heterocycles. The van der Waals surface area contributed by atoms with Gasteiger partial charge in [0, 0.05) is 6.54 Å². The third-order valence-electron chi connectivity index (χ3n) is 2.31. The molecule has 1 aliphatic rings. The number of imidazole rings is 1. The van der Waals surface area contributed by atoms with Gasteiger partial charge in [-0.3, -0.25) is 0 Å². The molecule has 0 saturated carbocycles. The second-order valence-corrected chi connectivity index (χ2v) is 3.07. The van der Waals surface area contributed by atoms with E-state index in [4.69, 9.17) is 5.11 Å². The lowest BCUT2D eigenvalue weighted by Crippen LogP contribution is -2.16. The normalized spacial score (nSPS) is 22.3. The van der Waals surface area contributed by atoms with Crippen molar-refractivity contribution >= 4 is 0 Å². The highest BCUT2D eigenvalue weighted by molar-refractivity contribution is 5.10. The Kier molecular flexibility index (Phi) is 1.86. The summed E-state index contributed by atoms with van der Waals surface area (Å²) in [7, 11) is 0. The van der Waals surface area contributed by atoms with Crippen molar-refractivity contribution in [2.75, 3.05) is 0 Å². The first-order valence-corrected chi connectivity index (χ1v) is 4.16. The fourth-order valence-electron chi connectivity index (χ4n) is 1.67. The Morgan fingerprint density at radius 1 is 1.67 bits per heavy atom. The number of aliphatic hydroxyl groups is 2. The van der Waals surface area contributed by atoms with Crippen LogP contribution in [0.3, 0.4) is 0 Å². The Bertz CT molecular complexity index is 283. The number of hydrogen-bond acceptors (Lipinski definition) is 3. The molecule has 1 atom stereocenters. The molecular formula is C8H12N2O2. The largest absolute Gasteiger partial charge is 0.388 e. The van der Waals surface area contributed by atoms with E-state index in [0.29, 0.717) is 5.82 Å². The Morgan fingerprint density at radius 2 is 2.50 bits per heavy atom. The van der Waals surface area contributed by atoms with Crippen LogP contribution in [0.15, 0.2) is 6.20 Å². The summed E-state index contributed by atoms with van der Waals surface area (Å²) in [4.78, 5) is 4.02. The summed E-state index contributed by atoms with van der Waals surface area (Å²) in [6.45, 7) is 0.814. The van der Waals surface area contributed by atoms with Crippen LogP contribution in [0.25, 0.3) is 0 Å². The number of nitrogens with zero attached hydrogens (tertiary/aromatic N) is 2. The summed E-state index contributed by atoms with van der Waals surface area (Å²) in [5.74, 6) is 0.656. The third-order valence-corrected chi connectivity index (χ3v) is 2.31. The van der Waals surface area contributed by atoms with Crippen LogP contribution >= 0.6 is 0 Å². The van der Waals surface area contributed by atoms with E-state index in [-0.39, 0.29) is 6.61 Å². The Balaban J connectivity index is 2.41. The fourth-order valence-corrected chi connectivity index (χ4v) is 1.67. The quantitative estimate of drug-likeness (QED) is 0.630. The molecule has 0 amide bonds. The molecule has 0 radical (unpaired) electrons. The predicted molar refractivity (Wildman–Crippen MR) is 42.3 cm³/mol. The summed E-state index contributed by atoms with van der Waals surface area (Å²) in [5, 5.41) is 18.4. The molecule has 0 bridgehead atoms. The van der Waals surface area contributed by atoms with Crippen molar-refractivity contribution in [3.8, 4) is 0 Å². The maximum atomic E-state index is 9.53. The second kappa shape index (κ2) is 2.88. The van der Waals surface area contributed by atoms with Crippen molar-refractivity contribution in [3.05, 3.63) is 17.7 Å². The molecule has 2 rings (SSSR count). The van der Waals surface area contributed by atoms with E-state index in [1.54, 1.807) is 6.20 Å². The first kappa shape index (κ1) is 7.76. The van der Waals surface area contributed by atoms with Crippen molar-refractivity contribution in [3.63, 3.8) is 0 Å². The zero-order valence-electron chi connectivity index (χ0n) is 6.77. The molecule has 4 heteroatoms. The second-order valence-electron chi connectivity index (χ2n) is 3.07. The highest BCUT2D eigenvalue weighted by Crippen LogP contribution is 2.25. The van der Waals surface area contributed by atoms with Gasteiger partial charge >= 0.3 is 0 Å². The van der Waals surface area contributed by atoms with Crippen molar-refractivity contribution in [1.29, 1.82) is 0 Å². The molecule has 66 valence electrons. The Labute approximate surface area is 70.5 Å². The van der Waals surface area contributed by atoms with Crippen LogP contribution in [0.2, 0.25) is 0 Å². The predicted octanol–water partition coefficient (Wildman–Crippen LogP) is 0.203. The average Bonchev–Trinajstić information content (AvgIpc) is 2.49. The van der Waals surface area contributed by atoms with Crippen molar-refractivity contribution in [2.24, 2.45) is 0 Å². The lowest BCUT2D eigenvalue weighted by molar-refractivity contribution is 0.136. The number of aliphatic hydroxyl groups excluding tert-OH is 2. The lowest BCUT2D eigenvalue weighted by Gasteiger charge is -2.20. The van der Waals surface area contributed by atoms with Crippen LogP contribution in [0, 0.1) is 0 Å². The summed E-state index contributed by atoms with van der Waals surface area (Å²) >= 11 is 0. The first-order chi connectivity index (χ1) is 5.83. The van der Waals surface area contributed by atoms with E-state index in [9.17, 15) is 5.11 Å². The van der Waals surface area contributed by atoms with Crippen LogP contribution in [0.4, 0.5) is 0 Å². The maximum absolute atomic E-state index is 9.53. The summed E-state index contributed by atoms with van der Waals surface area (Å²) < 4.78 is 1.90. The highest BCUT2D eigenvalue weighted by atomic mass is 16.3. The third kappa shape index (κ3) is 1.04. The van der Waals surface area contributed by atoms with Gasteiger partial charge in [-0.1, -0.05) is 0 Å². The molecule has 1 unspecified atom stereocenters. The minimum absolute atomic E-state index is 0.0489. The van der Waals surface area contributed by atoms with Gasteiger partial charge in [-0.05, 0) is 12.8 Å². The molecular weight excluding hydrogens is 156 g/mol. The molecule has 0 spiro atoms. The van der Waals surface area contributed by atoms with E-state index in [2.05, 4.69) is 4.98 Å². The standard InChI is InChI=1S/C8H12N2O2/c11-5-8-9-4-6-7(12)2-1-3-10(6)8/h4,7,11-12H,1-3,5H2. The summed E-state index contributed by atoms with van der Waals surface area (Å²) in [5.41, 5.74) is 0.838. The molecule has 1 aromatic rings. The molecule has 0 aliphatic carbocycles. The average molecular weight is 168 g/mol. The zero-order valence-corrected chi connectivity index (χ0v) is 6.77. The monoisotopic (exact) mass is 168 g/mol. The number of hydrogen-bond donors (Lipinski definition) is 2. The Morgan fingerprint density at radius 3 is 3.25 bits per heavy atom. The molecule has 4 nitrogen and oxygen atoms in total. The van der Waals surface area contributed by atoms with Gasteiger partial charge in [0.1, 0.15) is 12.4 Å². The van der Waals surface area contributed by atoms with Gasteiger partial charge in [0.2, 0.25) is 0 Å². The Hall–Kier alpha value is -0.870. The van der Waals surface area contributed by atoms with Crippen LogP contribution in [-0.2, 0) is 13.2 Å². The van der Waals surface area contributed by atoms with Crippen LogP contribution in [0.5, 0.6) is 0 Å². The summed E-state index contributed by atoms with van der Waals surface area (Å²) in [6, 6.07) is 0. The van der Waals surface area contributed by atoms with Gasteiger partial charge < -0.3 is 14.8 Å². The number of rotatable bonds is 1. The molecule has 2 N–H and O–H groups in total. The molecule has 2 heterocycles. The van der Waals surface area contributed by atoms with E-state index in [1.807, 2.05) is 4.57 Å². The van der Waals surface area contributed by atoms with Gasteiger partial charge in [0.25, 0.3) is 0 Å². The number of fused-ring (bicyclic) bond motifs is 1. The van der Waals surface area contributed by atoms with Crippen LogP contribution in [0.1, 0.15) is 30.5 Å². The van der Waals surface area contributed by atoms with E-state index < -0.39 is 6.10 Å². The number of aromatic nitrogens is 2. The molecule has 0 fully saturated rings. The van der Waals surface area contributed by atoms with Crippen LogP contribution < -0.4 is 0 Å². The van der Waals surface area contributed by atoms with E-state index in [0.717, 1.165) is 25.1 Å². The highest BCUT2D eigenvalue weighted by Gasteiger charge is 2.20. The van der Waals surface area contributed by atoms with Crippen molar-refractivity contribution in [1.82, 2.24) is 9.55 Å². The first-order valence-electron chi connectivity index (χ1n) is 4.16. The fraction of sp³-hybridized carbons (Fsp3) is 0.625.